The van der Waals surface area contributed by atoms with Crippen LogP contribution in [0.15, 0.2) is 132 Å². The Bertz CT molecular complexity index is 1320. The second-order valence-electron chi connectivity index (χ2n) is 9.89. The fourth-order valence-corrected chi connectivity index (χ4v) is 5.22. The van der Waals surface area contributed by atoms with Crippen molar-refractivity contribution in [2.75, 3.05) is 6.61 Å². The molecule has 0 bridgehead atoms. The maximum Gasteiger partial charge on any atom is 0.184 e. The molecule has 212 valence electrons. The maximum absolute atomic E-state index is 6.61. The first-order chi connectivity index (χ1) is 20.3. The van der Waals surface area contributed by atoms with E-state index in [0.717, 1.165) is 27.8 Å². The first kappa shape index (κ1) is 29.4. The number of hydrogen-bond donors (Lipinski definition) is 0. The monoisotopic (exact) mass is 614 g/mol. The highest BCUT2D eigenvalue weighted by atomic mass is 79.9. The summed E-state index contributed by atoms with van der Waals surface area (Å²) in [4.78, 5) is 1.85. The maximum atomic E-state index is 6.61. The van der Waals surface area contributed by atoms with E-state index in [-0.39, 0.29) is 0 Å². The number of halogens is 1. The molecule has 0 N–H and O–H groups in total. The van der Waals surface area contributed by atoms with E-state index >= 15 is 0 Å². The summed E-state index contributed by atoms with van der Waals surface area (Å²) in [6.45, 7) is 2.03. The van der Waals surface area contributed by atoms with E-state index in [1.54, 1.807) is 0 Å². The van der Waals surface area contributed by atoms with Crippen LogP contribution in [-0.4, -0.2) is 31.2 Å². The molecule has 5 rings (SSSR count). The van der Waals surface area contributed by atoms with Crippen LogP contribution in [0.2, 0.25) is 0 Å². The zero-order chi connectivity index (χ0) is 28.1. The number of rotatable bonds is 13. The van der Waals surface area contributed by atoms with Crippen molar-refractivity contribution < 1.29 is 23.7 Å². The molecule has 41 heavy (non-hydrogen) atoms. The lowest BCUT2D eigenvalue weighted by Gasteiger charge is -2.42. The molecule has 6 heteroatoms. The summed E-state index contributed by atoms with van der Waals surface area (Å²) < 4.78 is 32.3. The third-order valence-corrected chi connectivity index (χ3v) is 7.41. The van der Waals surface area contributed by atoms with Crippen LogP contribution in [0.1, 0.15) is 22.3 Å². The Morgan fingerprint density at radius 2 is 1.00 bits per heavy atom. The van der Waals surface area contributed by atoms with Crippen molar-refractivity contribution in [3.63, 3.8) is 0 Å². The van der Waals surface area contributed by atoms with E-state index in [0.29, 0.717) is 33.0 Å². The van der Waals surface area contributed by atoms with E-state index in [2.05, 4.69) is 40.2 Å². The van der Waals surface area contributed by atoms with Gasteiger partial charge in [0.2, 0.25) is 0 Å². The molecule has 4 aromatic carbocycles. The van der Waals surface area contributed by atoms with Crippen LogP contribution in [0.4, 0.5) is 0 Å². The van der Waals surface area contributed by atoms with Gasteiger partial charge >= 0.3 is 0 Å². The molecule has 4 atom stereocenters. The van der Waals surface area contributed by atoms with Gasteiger partial charge in [-0.05, 0) is 27.2 Å². The lowest BCUT2D eigenvalue weighted by atomic mass is 9.96. The summed E-state index contributed by atoms with van der Waals surface area (Å²) in [5.41, 5.74) is 5.14. The Morgan fingerprint density at radius 1 is 0.561 bits per heavy atom. The molecule has 0 amide bonds. The van der Waals surface area contributed by atoms with E-state index in [4.69, 9.17) is 23.7 Å². The van der Waals surface area contributed by atoms with E-state index in [1.807, 2.05) is 102 Å². The van der Waals surface area contributed by atoms with Crippen molar-refractivity contribution >= 4 is 15.9 Å². The molecule has 0 aliphatic carbocycles. The Labute approximate surface area is 250 Å². The minimum absolute atomic E-state index is 0.320. The fraction of sp³-hybridized carbons (Fsp3) is 0.257. The molecule has 0 aromatic heterocycles. The predicted octanol–water partition coefficient (Wildman–Crippen LogP) is 7.59. The fourth-order valence-electron chi connectivity index (χ4n) is 4.74. The zero-order valence-corrected chi connectivity index (χ0v) is 24.5. The van der Waals surface area contributed by atoms with Crippen LogP contribution >= 0.6 is 15.9 Å². The Balaban J connectivity index is 1.38. The van der Waals surface area contributed by atoms with Crippen LogP contribution in [0.25, 0.3) is 0 Å². The van der Waals surface area contributed by atoms with E-state index in [1.165, 1.54) is 0 Å². The number of hydrogen-bond acceptors (Lipinski definition) is 5. The number of benzene rings is 4. The van der Waals surface area contributed by atoms with Gasteiger partial charge in [0.1, 0.15) is 18.3 Å². The van der Waals surface area contributed by atoms with Crippen molar-refractivity contribution in [3.8, 4) is 0 Å². The molecule has 0 spiro atoms. The van der Waals surface area contributed by atoms with E-state index < -0.39 is 24.6 Å². The highest BCUT2D eigenvalue weighted by Gasteiger charge is 2.44. The summed E-state index contributed by atoms with van der Waals surface area (Å²) in [7, 11) is 0. The minimum Gasteiger partial charge on any atom is -0.374 e. The summed E-state index contributed by atoms with van der Waals surface area (Å²) in [5.74, 6) is 0. The first-order valence-electron chi connectivity index (χ1n) is 13.8. The van der Waals surface area contributed by atoms with Crippen molar-refractivity contribution in [3.05, 3.63) is 154 Å². The SMILES string of the molecule is Br/C=C1/[C@H](OCc2ccccc2)O[C@H](COCc2ccccc2)[C@@H](OCc2ccccc2)[C@@H]1OCc1ccccc1. The zero-order valence-electron chi connectivity index (χ0n) is 22.9. The number of ether oxygens (including phenoxy) is 5. The van der Waals surface area contributed by atoms with Gasteiger partial charge in [-0.2, -0.15) is 0 Å². The second kappa shape index (κ2) is 15.8. The van der Waals surface area contributed by atoms with Crippen molar-refractivity contribution in [1.29, 1.82) is 0 Å². The Kier molecular flexibility index (Phi) is 11.3. The summed E-state index contributed by atoms with van der Waals surface area (Å²) >= 11 is 3.58. The van der Waals surface area contributed by atoms with Crippen LogP contribution in [0, 0.1) is 0 Å². The summed E-state index contributed by atoms with van der Waals surface area (Å²) in [5, 5.41) is 0. The first-order valence-corrected chi connectivity index (χ1v) is 14.8. The van der Waals surface area contributed by atoms with Crippen molar-refractivity contribution in [1.82, 2.24) is 0 Å². The molecular weight excluding hydrogens is 580 g/mol. The topological polar surface area (TPSA) is 46.2 Å². The van der Waals surface area contributed by atoms with Crippen molar-refractivity contribution in [2.24, 2.45) is 0 Å². The highest BCUT2D eigenvalue weighted by Crippen LogP contribution is 2.33. The Morgan fingerprint density at radius 3 is 1.49 bits per heavy atom. The molecule has 0 radical (unpaired) electrons. The molecule has 1 heterocycles. The molecule has 4 aromatic rings. The lowest BCUT2D eigenvalue weighted by Crippen LogP contribution is -2.54. The summed E-state index contributed by atoms with van der Waals surface area (Å²) in [6.07, 6.45) is -1.94. The minimum atomic E-state index is -0.641. The van der Waals surface area contributed by atoms with Crippen LogP contribution in [0.3, 0.4) is 0 Å². The highest BCUT2D eigenvalue weighted by molar-refractivity contribution is 9.11. The van der Waals surface area contributed by atoms with Crippen LogP contribution in [-0.2, 0) is 50.1 Å². The average Bonchev–Trinajstić information content (AvgIpc) is 3.04. The third-order valence-electron chi connectivity index (χ3n) is 6.89. The molecule has 0 unspecified atom stereocenters. The van der Waals surface area contributed by atoms with Crippen molar-refractivity contribution in [2.45, 2.75) is 51.0 Å². The molecule has 1 aliphatic heterocycles. The molecule has 1 fully saturated rings. The lowest BCUT2D eigenvalue weighted by molar-refractivity contribution is -0.252. The van der Waals surface area contributed by atoms with Gasteiger partial charge in [0.25, 0.3) is 0 Å². The summed E-state index contributed by atoms with van der Waals surface area (Å²) in [6, 6.07) is 40.5. The van der Waals surface area contributed by atoms with E-state index in [9.17, 15) is 0 Å². The van der Waals surface area contributed by atoms with Gasteiger partial charge in [0.05, 0.1) is 33.0 Å². The average molecular weight is 616 g/mol. The second-order valence-corrected chi connectivity index (χ2v) is 10.3. The van der Waals surface area contributed by atoms with Gasteiger partial charge < -0.3 is 23.7 Å². The van der Waals surface area contributed by atoms with Gasteiger partial charge in [0, 0.05) is 5.57 Å². The van der Waals surface area contributed by atoms with Gasteiger partial charge in [-0.1, -0.05) is 137 Å². The van der Waals surface area contributed by atoms with Gasteiger partial charge in [0.15, 0.2) is 6.29 Å². The molecule has 1 aliphatic rings. The third kappa shape index (κ3) is 8.69. The predicted molar refractivity (Wildman–Crippen MR) is 163 cm³/mol. The largest absolute Gasteiger partial charge is 0.374 e. The molecule has 5 nitrogen and oxygen atoms in total. The molecule has 0 saturated carbocycles. The standard InChI is InChI=1S/C35H35BrO5/c36-21-31-33(38-23-28-15-7-2-8-16-28)34(39-24-29-17-9-3-10-18-29)32(26-37-22-27-13-5-1-6-14-27)41-35(31)40-25-30-19-11-4-12-20-30/h1-21,32-35H,22-26H2/b31-21+/t32-,33-,34-,35-/m1/s1. The van der Waals surface area contributed by atoms with Gasteiger partial charge in [-0.25, -0.2) is 0 Å². The Hall–Kier alpha value is -3.10. The van der Waals surface area contributed by atoms with Gasteiger partial charge in [-0.15, -0.1) is 0 Å². The van der Waals surface area contributed by atoms with Gasteiger partial charge in [-0.3, -0.25) is 0 Å². The molecular formula is C35H35BrO5. The smallest absolute Gasteiger partial charge is 0.184 e. The normalized spacial score (nSPS) is 21.6. The molecule has 1 saturated heterocycles. The van der Waals surface area contributed by atoms with Crippen LogP contribution in [0.5, 0.6) is 0 Å². The van der Waals surface area contributed by atoms with Crippen LogP contribution < -0.4 is 0 Å². The quantitative estimate of drug-likeness (QED) is 0.155.